The topological polar surface area (TPSA) is 110 Å². The van der Waals surface area contributed by atoms with E-state index in [0.29, 0.717) is 4.90 Å². The van der Waals surface area contributed by atoms with E-state index in [9.17, 15) is 19.2 Å². The number of nitrogens with zero attached hydrogens (tertiary/aromatic N) is 1. The van der Waals surface area contributed by atoms with Crippen LogP contribution in [-0.2, 0) is 9.59 Å². The Morgan fingerprint density at radius 1 is 1.23 bits per heavy atom. The van der Waals surface area contributed by atoms with Gasteiger partial charge in [0.2, 0.25) is 11.8 Å². The summed E-state index contributed by atoms with van der Waals surface area (Å²) in [6.45, 7) is 0. The zero-order chi connectivity index (χ0) is 15.9. The highest BCUT2D eigenvalue weighted by atomic mass is 32.2. The summed E-state index contributed by atoms with van der Waals surface area (Å²) >= 11 is 1.26. The number of nitrogens with two attached hydrogens (primary N) is 1. The zero-order valence-corrected chi connectivity index (χ0v) is 12.3. The standard InChI is InChI=1S/C14H13N3O4S/c15-6-22-9-3-1-2-7-11(9)14(21)17(13(7)20)8-4-5-10(18)16-12(8)19/h1-3,8H,4-6,15H2,(H,16,18,19). The van der Waals surface area contributed by atoms with E-state index in [1.54, 1.807) is 18.2 Å². The minimum atomic E-state index is -0.944. The predicted molar refractivity (Wildman–Crippen MR) is 78.0 cm³/mol. The molecule has 1 saturated heterocycles. The van der Waals surface area contributed by atoms with Gasteiger partial charge in [0.1, 0.15) is 6.04 Å². The number of imide groups is 2. The van der Waals surface area contributed by atoms with Crippen LogP contribution in [0.25, 0.3) is 0 Å². The van der Waals surface area contributed by atoms with Crippen LogP contribution in [0.15, 0.2) is 23.1 Å². The fourth-order valence-electron chi connectivity index (χ4n) is 2.69. The van der Waals surface area contributed by atoms with Crippen LogP contribution in [-0.4, -0.2) is 40.4 Å². The van der Waals surface area contributed by atoms with Crippen molar-refractivity contribution in [2.75, 3.05) is 5.88 Å². The highest BCUT2D eigenvalue weighted by molar-refractivity contribution is 7.99. The van der Waals surface area contributed by atoms with Crippen LogP contribution in [0.1, 0.15) is 33.6 Å². The van der Waals surface area contributed by atoms with Crippen molar-refractivity contribution < 1.29 is 19.2 Å². The van der Waals surface area contributed by atoms with E-state index in [1.807, 2.05) is 0 Å². The molecule has 1 atom stereocenters. The number of carbonyl (C=O) groups is 4. The molecule has 0 aromatic heterocycles. The van der Waals surface area contributed by atoms with Gasteiger partial charge in [0, 0.05) is 17.2 Å². The number of benzene rings is 1. The summed E-state index contributed by atoms with van der Waals surface area (Å²) in [6.07, 6.45) is 0.254. The van der Waals surface area contributed by atoms with Crippen molar-refractivity contribution in [3.05, 3.63) is 29.3 Å². The van der Waals surface area contributed by atoms with Crippen LogP contribution in [0.5, 0.6) is 0 Å². The minimum absolute atomic E-state index is 0.105. The molecule has 0 saturated carbocycles. The SMILES string of the molecule is NCSc1cccc2c1C(=O)N(C1CCC(=O)NC1=O)C2=O. The molecule has 22 heavy (non-hydrogen) atoms. The monoisotopic (exact) mass is 319 g/mol. The number of rotatable bonds is 3. The van der Waals surface area contributed by atoms with Crippen molar-refractivity contribution in [3.8, 4) is 0 Å². The van der Waals surface area contributed by atoms with Crippen LogP contribution in [0, 0.1) is 0 Å². The van der Waals surface area contributed by atoms with E-state index < -0.39 is 29.7 Å². The lowest BCUT2D eigenvalue weighted by atomic mass is 10.0. The Morgan fingerprint density at radius 3 is 2.68 bits per heavy atom. The Labute approximate surface area is 130 Å². The first kappa shape index (κ1) is 14.7. The molecule has 1 unspecified atom stereocenters. The molecular formula is C14H13N3O4S. The number of hydrogen-bond donors (Lipinski definition) is 2. The van der Waals surface area contributed by atoms with Crippen molar-refractivity contribution >= 4 is 35.4 Å². The van der Waals surface area contributed by atoms with Crippen molar-refractivity contribution in [3.63, 3.8) is 0 Å². The molecule has 2 aliphatic heterocycles. The third-order valence-electron chi connectivity index (χ3n) is 3.67. The van der Waals surface area contributed by atoms with Gasteiger partial charge in [0.05, 0.1) is 11.1 Å². The average Bonchev–Trinajstić information content (AvgIpc) is 2.73. The van der Waals surface area contributed by atoms with E-state index in [2.05, 4.69) is 5.32 Å². The number of amides is 4. The molecule has 1 fully saturated rings. The van der Waals surface area contributed by atoms with Gasteiger partial charge in [-0.1, -0.05) is 6.07 Å². The van der Waals surface area contributed by atoms with Crippen molar-refractivity contribution in [2.24, 2.45) is 5.73 Å². The first-order valence-electron chi connectivity index (χ1n) is 6.72. The average molecular weight is 319 g/mol. The van der Waals surface area contributed by atoms with Gasteiger partial charge in [-0.2, -0.15) is 0 Å². The predicted octanol–water partition coefficient (Wildman–Crippen LogP) is 0.0961. The molecule has 3 N–H and O–H groups in total. The Bertz CT molecular complexity index is 703. The maximum Gasteiger partial charge on any atom is 0.263 e. The van der Waals surface area contributed by atoms with Crippen molar-refractivity contribution in [1.82, 2.24) is 10.2 Å². The van der Waals surface area contributed by atoms with Crippen LogP contribution in [0.4, 0.5) is 0 Å². The lowest BCUT2D eigenvalue weighted by Gasteiger charge is -2.27. The van der Waals surface area contributed by atoms with E-state index in [-0.39, 0.29) is 29.8 Å². The van der Waals surface area contributed by atoms with Gasteiger partial charge in [-0.15, -0.1) is 11.8 Å². The summed E-state index contributed by atoms with van der Waals surface area (Å²) < 4.78 is 0. The molecule has 2 aliphatic rings. The van der Waals surface area contributed by atoms with Gasteiger partial charge < -0.3 is 5.73 Å². The third-order valence-corrected chi connectivity index (χ3v) is 4.49. The maximum atomic E-state index is 12.6. The summed E-state index contributed by atoms with van der Waals surface area (Å²) in [6, 6.07) is 4.01. The quantitative estimate of drug-likeness (QED) is 0.464. The van der Waals surface area contributed by atoms with Crippen LogP contribution in [0.2, 0.25) is 0 Å². The molecule has 1 aromatic rings. The van der Waals surface area contributed by atoms with Gasteiger partial charge in [-0.3, -0.25) is 29.4 Å². The van der Waals surface area contributed by atoms with Crippen LogP contribution < -0.4 is 11.1 Å². The van der Waals surface area contributed by atoms with Gasteiger partial charge in [-0.05, 0) is 18.6 Å². The van der Waals surface area contributed by atoms with Crippen molar-refractivity contribution in [2.45, 2.75) is 23.8 Å². The normalized spacial score (nSPS) is 21.1. The summed E-state index contributed by atoms with van der Waals surface area (Å²) in [5.41, 5.74) is 6.06. The molecule has 2 heterocycles. The Morgan fingerprint density at radius 2 is 2.00 bits per heavy atom. The molecule has 8 heteroatoms. The fourth-order valence-corrected chi connectivity index (χ4v) is 3.39. The molecule has 0 aliphatic carbocycles. The van der Waals surface area contributed by atoms with Gasteiger partial charge in [0.15, 0.2) is 0 Å². The van der Waals surface area contributed by atoms with E-state index in [4.69, 9.17) is 5.73 Å². The summed E-state index contributed by atoms with van der Waals surface area (Å²) in [5.74, 6) is -1.74. The number of carbonyl (C=O) groups excluding carboxylic acids is 4. The highest BCUT2D eigenvalue weighted by Crippen LogP contribution is 2.33. The van der Waals surface area contributed by atoms with E-state index in [1.165, 1.54) is 11.8 Å². The lowest BCUT2D eigenvalue weighted by Crippen LogP contribution is -2.54. The molecule has 114 valence electrons. The first-order chi connectivity index (χ1) is 10.5. The first-order valence-corrected chi connectivity index (χ1v) is 7.70. The second kappa shape index (κ2) is 5.54. The molecule has 7 nitrogen and oxygen atoms in total. The maximum absolute atomic E-state index is 12.6. The molecular weight excluding hydrogens is 306 g/mol. The van der Waals surface area contributed by atoms with Gasteiger partial charge >= 0.3 is 0 Å². The number of thioether (sulfide) groups is 1. The molecule has 4 amide bonds. The summed E-state index contributed by atoms with van der Waals surface area (Å²) in [4.78, 5) is 49.8. The number of piperidine rings is 1. The Kier molecular flexibility index (Phi) is 3.71. The highest BCUT2D eigenvalue weighted by Gasteiger charge is 2.45. The van der Waals surface area contributed by atoms with Gasteiger partial charge in [0.25, 0.3) is 11.8 Å². The number of nitrogens with one attached hydrogen (secondary N) is 1. The largest absolute Gasteiger partial charge is 0.322 e. The number of fused-ring (bicyclic) bond motifs is 1. The second-order valence-corrected chi connectivity index (χ2v) is 6.00. The van der Waals surface area contributed by atoms with Crippen LogP contribution in [0.3, 0.4) is 0 Å². The summed E-state index contributed by atoms with van der Waals surface area (Å²) in [5, 5.41) is 2.16. The zero-order valence-electron chi connectivity index (χ0n) is 11.5. The second-order valence-electron chi connectivity index (χ2n) is 4.94. The lowest BCUT2D eigenvalue weighted by molar-refractivity contribution is -0.136. The Hall–Kier alpha value is -2.19. The molecule has 0 spiro atoms. The Balaban J connectivity index is 1.98. The van der Waals surface area contributed by atoms with Gasteiger partial charge in [-0.25, -0.2) is 0 Å². The molecule has 0 bridgehead atoms. The number of hydrogen-bond acceptors (Lipinski definition) is 6. The third kappa shape index (κ3) is 2.20. The van der Waals surface area contributed by atoms with E-state index in [0.717, 1.165) is 4.90 Å². The molecule has 1 aromatic carbocycles. The van der Waals surface area contributed by atoms with Crippen molar-refractivity contribution in [1.29, 1.82) is 0 Å². The smallest absolute Gasteiger partial charge is 0.263 e. The van der Waals surface area contributed by atoms with E-state index >= 15 is 0 Å². The fraction of sp³-hybridized carbons (Fsp3) is 0.286. The molecule has 0 radical (unpaired) electrons. The minimum Gasteiger partial charge on any atom is -0.322 e. The molecule has 3 rings (SSSR count). The van der Waals surface area contributed by atoms with Crippen LogP contribution >= 0.6 is 11.8 Å². The summed E-state index contributed by atoms with van der Waals surface area (Å²) in [7, 11) is 0.